The van der Waals surface area contributed by atoms with Crippen molar-refractivity contribution in [2.75, 3.05) is 26.3 Å². The van der Waals surface area contributed by atoms with Gasteiger partial charge in [-0.25, -0.2) is 0 Å². The third kappa shape index (κ3) is 3.12. The SMILES string of the molecule is O=C(NCC1COCCN1)c1cc(=O)[nH]c2ccccc12. The van der Waals surface area contributed by atoms with Gasteiger partial charge in [0.2, 0.25) is 5.56 Å². The Morgan fingerprint density at radius 2 is 2.24 bits per heavy atom. The van der Waals surface area contributed by atoms with Crippen molar-refractivity contribution in [1.29, 1.82) is 0 Å². The summed E-state index contributed by atoms with van der Waals surface area (Å²) in [7, 11) is 0. The number of pyridine rings is 1. The molecule has 0 spiro atoms. The Bertz CT molecular complexity index is 705. The molecule has 21 heavy (non-hydrogen) atoms. The van der Waals surface area contributed by atoms with E-state index in [0.717, 1.165) is 11.9 Å². The number of H-pyrrole nitrogens is 1. The summed E-state index contributed by atoms with van der Waals surface area (Å²) >= 11 is 0. The maximum absolute atomic E-state index is 12.3. The lowest BCUT2D eigenvalue weighted by Crippen LogP contribution is -2.48. The molecule has 1 aromatic carbocycles. The maximum atomic E-state index is 12.3. The van der Waals surface area contributed by atoms with Crippen molar-refractivity contribution in [3.63, 3.8) is 0 Å². The number of aromatic nitrogens is 1. The number of carbonyl (C=O) groups excluding carboxylic acids is 1. The van der Waals surface area contributed by atoms with Gasteiger partial charge >= 0.3 is 0 Å². The molecule has 3 rings (SSSR count). The van der Waals surface area contributed by atoms with Crippen LogP contribution in [0, 0.1) is 0 Å². The second-order valence-electron chi connectivity index (χ2n) is 5.03. The van der Waals surface area contributed by atoms with Crippen LogP contribution in [-0.2, 0) is 4.74 Å². The number of hydrogen-bond acceptors (Lipinski definition) is 4. The normalized spacial score (nSPS) is 18.6. The van der Waals surface area contributed by atoms with Gasteiger partial charge in [0.15, 0.2) is 0 Å². The van der Waals surface area contributed by atoms with Crippen molar-refractivity contribution in [3.05, 3.63) is 46.2 Å². The van der Waals surface area contributed by atoms with Gasteiger partial charge in [-0.2, -0.15) is 0 Å². The summed E-state index contributed by atoms with van der Waals surface area (Å²) in [6.45, 7) is 2.54. The molecule has 6 heteroatoms. The molecule has 1 amide bonds. The lowest BCUT2D eigenvalue weighted by molar-refractivity contribution is 0.0735. The highest BCUT2D eigenvalue weighted by Crippen LogP contribution is 2.14. The van der Waals surface area contributed by atoms with E-state index in [1.54, 1.807) is 6.07 Å². The highest BCUT2D eigenvalue weighted by atomic mass is 16.5. The van der Waals surface area contributed by atoms with Crippen molar-refractivity contribution in [2.45, 2.75) is 6.04 Å². The second kappa shape index (κ2) is 6.07. The van der Waals surface area contributed by atoms with Crippen LogP contribution in [0.1, 0.15) is 10.4 Å². The number of aromatic amines is 1. The molecule has 1 atom stereocenters. The molecule has 0 saturated carbocycles. The van der Waals surface area contributed by atoms with Crippen molar-refractivity contribution < 1.29 is 9.53 Å². The van der Waals surface area contributed by atoms with E-state index in [4.69, 9.17) is 4.74 Å². The number of benzene rings is 1. The largest absolute Gasteiger partial charge is 0.378 e. The van der Waals surface area contributed by atoms with Gasteiger partial charge in [-0.3, -0.25) is 9.59 Å². The zero-order valence-corrected chi connectivity index (χ0v) is 11.5. The maximum Gasteiger partial charge on any atom is 0.252 e. The topological polar surface area (TPSA) is 83.2 Å². The van der Waals surface area contributed by atoms with E-state index in [1.807, 2.05) is 18.2 Å². The van der Waals surface area contributed by atoms with Crippen molar-refractivity contribution >= 4 is 16.8 Å². The number of nitrogens with one attached hydrogen (secondary N) is 3. The summed E-state index contributed by atoms with van der Waals surface area (Å²) < 4.78 is 5.34. The molecule has 2 aromatic rings. The number of amides is 1. The number of hydrogen-bond donors (Lipinski definition) is 3. The van der Waals surface area contributed by atoms with Gasteiger partial charge < -0.3 is 20.4 Å². The number of para-hydroxylation sites is 1. The van der Waals surface area contributed by atoms with Crippen LogP contribution in [0.2, 0.25) is 0 Å². The highest BCUT2D eigenvalue weighted by molar-refractivity contribution is 6.05. The summed E-state index contributed by atoms with van der Waals surface area (Å²) in [6, 6.07) is 8.71. The van der Waals surface area contributed by atoms with Crippen LogP contribution in [-0.4, -0.2) is 43.2 Å². The van der Waals surface area contributed by atoms with Crippen LogP contribution in [0.15, 0.2) is 35.1 Å². The van der Waals surface area contributed by atoms with E-state index in [-0.39, 0.29) is 17.5 Å². The van der Waals surface area contributed by atoms with Crippen LogP contribution < -0.4 is 16.2 Å². The fourth-order valence-electron chi connectivity index (χ4n) is 2.45. The lowest BCUT2D eigenvalue weighted by atomic mass is 10.1. The smallest absolute Gasteiger partial charge is 0.252 e. The molecule has 1 aliphatic rings. The molecule has 1 aromatic heterocycles. The minimum atomic E-state index is -0.280. The zero-order chi connectivity index (χ0) is 14.7. The molecule has 0 radical (unpaired) electrons. The number of rotatable bonds is 3. The Kier molecular flexibility index (Phi) is 3.98. The molecule has 0 bridgehead atoms. The summed E-state index contributed by atoms with van der Waals surface area (Å²) in [4.78, 5) is 26.7. The van der Waals surface area contributed by atoms with Crippen molar-refractivity contribution in [2.24, 2.45) is 0 Å². The fraction of sp³-hybridized carbons (Fsp3) is 0.333. The quantitative estimate of drug-likeness (QED) is 0.755. The number of ether oxygens (including phenoxy) is 1. The van der Waals surface area contributed by atoms with Crippen LogP contribution >= 0.6 is 0 Å². The fourth-order valence-corrected chi connectivity index (χ4v) is 2.45. The molecule has 6 nitrogen and oxygen atoms in total. The third-order valence-electron chi connectivity index (χ3n) is 3.50. The van der Waals surface area contributed by atoms with Crippen molar-refractivity contribution in [1.82, 2.24) is 15.6 Å². The first-order chi connectivity index (χ1) is 10.2. The second-order valence-corrected chi connectivity index (χ2v) is 5.03. The van der Waals surface area contributed by atoms with Gasteiger partial charge in [0.25, 0.3) is 5.91 Å². The lowest BCUT2D eigenvalue weighted by Gasteiger charge is -2.24. The summed E-state index contributed by atoms with van der Waals surface area (Å²) in [5.41, 5.74) is 0.776. The van der Waals surface area contributed by atoms with Gasteiger partial charge in [0.1, 0.15) is 0 Å². The van der Waals surface area contributed by atoms with Crippen LogP contribution in [0.25, 0.3) is 10.9 Å². The predicted molar refractivity (Wildman–Crippen MR) is 79.5 cm³/mol. The predicted octanol–water partition coefficient (Wildman–Crippen LogP) is 0.246. The monoisotopic (exact) mass is 287 g/mol. The summed E-state index contributed by atoms with van der Waals surface area (Å²) in [5.74, 6) is -0.246. The standard InChI is InChI=1S/C15H17N3O3/c19-14-7-12(11-3-1-2-4-13(11)18-14)15(20)17-8-10-9-21-6-5-16-10/h1-4,7,10,16H,5-6,8-9H2,(H,17,20)(H,18,19). The minimum absolute atomic E-state index is 0.107. The molecule has 2 heterocycles. The van der Waals surface area contributed by atoms with E-state index in [9.17, 15) is 9.59 Å². The first-order valence-electron chi connectivity index (χ1n) is 6.95. The molecular formula is C15H17N3O3. The van der Waals surface area contributed by atoms with Crippen molar-refractivity contribution in [3.8, 4) is 0 Å². The van der Waals surface area contributed by atoms with Gasteiger partial charge in [0.05, 0.1) is 18.8 Å². The number of fused-ring (bicyclic) bond motifs is 1. The van der Waals surface area contributed by atoms with E-state index in [1.165, 1.54) is 6.07 Å². The molecular weight excluding hydrogens is 270 g/mol. The Hall–Kier alpha value is -2.18. The Morgan fingerprint density at radius 3 is 3.05 bits per heavy atom. The molecule has 1 unspecified atom stereocenters. The van der Waals surface area contributed by atoms with Crippen LogP contribution in [0.5, 0.6) is 0 Å². The molecule has 1 fully saturated rings. The average molecular weight is 287 g/mol. The van der Waals surface area contributed by atoms with Crippen LogP contribution in [0.4, 0.5) is 0 Å². The molecule has 1 saturated heterocycles. The van der Waals surface area contributed by atoms with E-state index in [2.05, 4.69) is 15.6 Å². The summed E-state index contributed by atoms with van der Waals surface area (Å²) in [5, 5.41) is 6.86. The van der Waals surface area contributed by atoms with Gasteiger partial charge in [-0.1, -0.05) is 18.2 Å². The first kappa shape index (κ1) is 13.8. The van der Waals surface area contributed by atoms with Gasteiger partial charge in [-0.15, -0.1) is 0 Å². The average Bonchev–Trinajstić information content (AvgIpc) is 2.52. The minimum Gasteiger partial charge on any atom is -0.378 e. The highest BCUT2D eigenvalue weighted by Gasteiger charge is 2.16. The zero-order valence-electron chi connectivity index (χ0n) is 11.5. The number of carbonyl (C=O) groups is 1. The Morgan fingerprint density at radius 1 is 1.38 bits per heavy atom. The van der Waals surface area contributed by atoms with E-state index in [0.29, 0.717) is 30.8 Å². The first-order valence-corrected chi connectivity index (χ1v) is 6.95. The Balaban J connectivity index is 1.79. The van der Waals surface area contributed by atoms with E-state index < -0.39 is 0 Å². The molecule has 3 N–H and O–H groups in total. The van der Waals surface area contributed by atoms with Crippen LogP contribution in [0.3, 0.4) is 0 Å². The Labute approximate surface area is 121 Å². The van der Waals surface area contributed by atoms with Gasteiger partial charge in [0, 0.05) is 36.1 Å². The van der Waals surface area contributed by atoms with E-state index >= 15 is 0 Å². The third-order valence-corrected chi connectivity index (χ3v) is 3.50. The molecule has 110 valence electrons. The molecule has 0 aliphatic carbocycles. The van der Waals surface area contributed by atoms with Gasteiger partial charge in [-0.05, 0) is 6.07 Å². The summed E-state index contributed by atoms with van der Waals surface area (Å²) in [6.07, 6.45) is 0. The number of morpholine rings is 1. The molecule has 1 aliphatic heterocycles.